The largest absolute Gasteiger partial charge is 0.384 e. The molecule has 0 saturated carbocycles. The predicted molar refractivity (Wildman–Crippen MR) is 71.4 cm³/mol. The lowest BCUT2D eigenvalue weighted by Gasteiger charge is -2.20. The van der Waals surface area contributed by atoms with E-state index in [-0.39, 0.29) is 0 Å². The van der Waals surface area contributed by atoms with Gasteiger partial charge in [-0.25, -0.2) is 0 Å². The van der Waals surface area contributed by atoms with Gasteiger partial charge in [0.1, 0.15) is 0 Å². The molecule has 88 valence electrons. The number of rotatable bonds is 2. The summed E-state index contributed by atoms with van der Waals surface area (Å²) in [5.41, 5.74) is 4.43. The minimum atomic E-state index is 0.324. The highest BCUT2D eigenvalue weighted by atomic mass is 15.1. The first kappa shape index (κ1) is 11.3. The monoisotopic (exact) mass is 218 g/mol. The topological polar surface area (TPSA) is 15.3 Å². The van der Waals surface area contributed by atoms with E-state index in [4.69, 9.17) is 0 Å². The second-order valence-corrected chi connectivity index (χ2v) is 5.93. The van der Waals surface area contributed by atoms with E-state index in [2.05, 4.69) is 56.2 Å². The Bertz CT molecular complexity index is 377. The maximum absolute atomic E-state index is 3.51. The number of nitrogens with one attached hydrogen (secondary N) is 1. The zero-order chi connectivity index (χ0) is 11.8. The Morgan fingerprint density at radius 1 is 1.31 bits per heavy atom. The van der Waals surface area contributed by atoms with Crippen LogP contribution in [0.2, 0.25) is 0 Å². The van der Waals surface area contributed by atoms with E-state index in [9.17, 15) is 0 Å². The van der Waals surface area contributed by atoms with Crippen molar-refractivity contribution in [3.63, 3.8) is 0 Å². The van der Waals surface area contributed by atoms with Crippen molar-refractivity contribution in [3.05, 3.63) is 23.8 Å². The van der Waals surface area contributed by atoms with Crippen LogP contribution in [0.1, 0.15) is 26.3 Å². The molecule has 0 unspecified atom stereocenters. The first-order chi connectivity index (χ1) is 7.46. The lowest BCUT2D eigenvalue weighted by molar-refractivity contribution is 0.443. The molecule has 0 atom stereocenters. The number of likely N-dealkylation sites (N-methyl/N-ethyl adjacent to an activating group) is 1. The van der Waals surface area contributed by atoms with Crippen LogP contribution in [0.3, 0.4) is 0 Å². The van der Waals surface area contributed by atoms with E-state index in [1.54, 1.807) is 0 Å². The average Bonchev–Trinajstić information content (AvgIpc) is 2.56. The first-order valence-electron chi connectivity index (χ1n) is 6.04. The first-order valence-corrected chi connectivity index (χ1v) is 6.04. The molecular weight excluding hydrogens is 196 g/mol. The van der Waals surface area contributed by atoms with E-state index in [0.29, 0.717) is 5.41 Å². The third kappa shape index (κ3) is 2.49. The molecule has 0 bridgehead atoms. The van der Waals surface area contributed by atoms with Gasteiger partial charge < -0.3 is 10.2 Å². The number of hydrogen-bond donors (Lipinski definition) is 1. The molecule has 0 amide bonds. The van der Waals surface area contributed by atoms with E-state index < -0.39 is 0 Å². The number of anilines is 2. The van der Waals surface area contributed by atoms with E-state index in [0.717, 1.165) is 13.1 Å². The average molecular weight is 218 g/mol. The Hall–Kier alpha value is -1.18. The summed E-state index contributed by atoms with van der Waals surface area (Å²) in [5.74, 6) is 0. The van der Waals surface area contributed by atoms with E-state index in [1.165, 1.54) is 23.4 Å². The highest BCUT2D eigenvalue weighted by Crippen LogP contribution is 2.29. The van der Waals surface area contributed by atoms with Crippen LogP contribution in [-0.4, -0.2) is 20.1 Å². The maximum atomic E-state index is 3.51. The molecule has 2 heteroatoms. The molecule has 1 N–H and O–H groups in total. The van der Waals surface area contributed by atoms with Crippen LogP contribution in [0.25, 0.3) is 0 Å². The minimum Gasteiger partial charge on any atom is -0.384 e. The normalized spacial score (nSPS) is 15.1. The molecular formula is C14H22N2. The molecule has 2 nitrogen and oxygen atoms in total. The zero-order valence-electron chi connectivity index (χ0n) is 10.8. The van der Waals surface area contributed by atoms with Crippen molar-refractivity contribution in [2.24, 2.45) is 5.41 Å². The summed E-state index contributed by atoms with van der Waals surface area (Å²) in [6, 6.07) is 6.72. The molecule has 1 heterocycles. The lowest BCUT2D eigenvalue weighted by Crippen LogP contribution is -2.19. The summed E-state index contributed by atoms with van der Waals surface area (Å²) in [7, 11) is 2.17. The van der Waals surface area contributed by atoms with Gasteiger partial charge in [-0.1, -0.05) is 26.8 Å². The van der Waals surface area contributed by atoms with Crippen LogP contribution >= 0.6 is 0 Å². The molecule has 0 spiro atoms. The molecule has 1 aromatic carbocycles. The zero-order valence-corrected chi connectivity index (χ0v) is 10.8. The molecule has 0 fully saturated rings. The third-order valence-corrected chi connectivity index (χ3v) is 3.04. The van der Waals surface area contributed by atoms with Gasteiger partial charge in [-0.2, -0.15) is 0 Å². The molecule has 0 aromatic heterocycles. The second-order valence-electron chi connectivity index (χ2n) is 5.93. The van der Waals surface area contributed by atoms with Gasteiger partial charge >= 0.3 is 0 Å². The maximum Gasteiger partial charge on any atom is 0.0417 e. The fourth-order valence-corrected chi connectivity index (χ4v) is 2.02. The molecule has 16 heavy (non-hydrogen) atoms. The van der Waals surface area contributed by atoms with Gasteiger partial charge in [0.15, 0.2) is 0 Å². The fourth-order valence-electron chi connectivity index (χ4n) is 2.02. The van der Waals surface area contributed by atoms with Crippen molar-refractivity contribution < 1.29 is 0 Å². The molecule has 0 aliphatic carbocycles. The van der Waals surface area contributed by atoms with Crippen molar-refractivity contribution >= 4 is 11.4 Å². The van der Waals surface area contributed by atoms with Crippen molar-refractivity contribution in [1.29, 1.82) is 0 Å². The van der Waals surface area contributed by atoms with E-state index >= 15 is 0 Å². The van der Waals surface area contributed by atoms with Crippen molar-refractivity contribution in [2.75, 3.05) is 30.4 Å². The summed E-state index contributed by atoms with van der Waals surface area (Å²) in [6.45, 7) is 8.91. The number of benzene rings is 1. The molecule has 1 aromatic rings. The van der Waals surface area contributed by atoms with Crippen molar-refractivity contribution in [3.8, 4) is 0 Å². The van der Waals surface area contributed by atoms with Gasteiger partial charge in [0.2, 0.25) is 0 Å². The standard InChI is InChI=1S/C14H22N2/c1-14(2,3)10-15-12-6-5-11-7-8-16(4)13(11)9-12/h5-6,9,15H,7-8,10H2,1-4H3. The summed E-state index contributed by atoms with van der Waals surface area (Å²) in [5, 5.41) is 3.51. The third-order valence-electron chi connectivity index (χ3n) is 3.04. The van der Waals surface area contributed by atoms with Gasteiger partial charge in [0.25, 0.3) is 0 Å². The quantitative estimate of drug-likeness (QED) is 0.820. The number of nitrogens with zero attached hydrogens (tertiary/aromatic N) is 1. The molecule has 1 aliphatic heterocycles. The molecule has 0 saturated heterocycles. The smallest absolute Gasteiger partial charge is 0.0417 e. The number of fused-ring (bicyclic) bond motifs is 1. The fraction of sp³-hybridized carbons (Fsp3) is 0.571. The van der Waals surface area contributed by atoms with Crippen LogP contribution in [0.5, 0.6) is 0 Å². The Morgan fingerprint density at radius 2 is 2.06 bits per heavy atom. The molecule has 0 radical (unpaired) electrons. The van der Waals surface area contributed by atoms with Gasteiger partial charge in [0, 0.05) is 31.5 Å². The Balaban J connectivity index is 2.10. The minimum absolute atomic E-state index is 0.324. The Kier molecular flexibility index (Phi) is 2.83. The number of hydrogen-bond acceptors (Lipinski definition) is 2. The summed E-state index contributed by atoms with van der Waals surface area (Å²) in [6.07, 6.45) is 1.19. The van der Waals surface area contributed by atoms with Gasteiger partial charge in [-0.3, -0.25) is 0 Å². The summed E-state index contributed by atoms with van der Waals surface area (Å²) < 4.78 is 0. The van der Waals surface area contributed by atoms with E-state index in [1.807, 2.05) is 0 Å². The SMILES string of the molecule is CN1CCc2ccc(NCC(C)(C)C)cc21. The molecule has 1 aliphatic rings. The second kappa shape index (κ2) is 4.00. The van der Waals surface area contributed by atoms with Crippen LogP contribution in [0, 0.1) is 5.41 Å². The van der Waals surface area contributed by atoms with Crippen molar-refractivity contribution in [2.45, 2.75) is 27.2 Å². The highest BCUT2D eigenvalue weighted by Gasteiger charge is 2.16. The summed E-state index contributed by atoms with van der Waals surface area (Å²) >= 11 is 0. The van der Waals surface area contributed by atoms with Crippen LogP contribution < -0.4 is 10.2 Å². The van der Waals surface area contributed by atoms with Gasteiger partial charge in [-0.15, -0.1) is 0 Å². The molecule has 2 rings (SSSR count). The highest BCUT2D eigenvalue weighted by molar-refractivity contribution is 5.65. The van der Waals surface area contributed by atoms with Gasteiger partial charge in [-0.05, 0) is 29.5 Å². The van der Waals surface area contributed by atoms with Gasteiger partial charge in [0.05, 0.1) is 0 Å². The van der Waals surface area contributed by atoms with Crippen LogP contribution in [0.4, 0.5) is 11.4 Å². The van der Waals surface area contributed by atoms with Crippen LogP contribution in [0.15, 0.2) is 18.2 Å². The summed E-state index contributed by atoms with van der Waals surface area (Å²) in [4.78, 5) is 2.33. The Morgan fingerprint density at radius 3 is 2.75 bits per heavy atom. The predicted octanol–water partition coefficient (Wildman–Crippen LogP) is 3.14. The van der Waals surface area contributed by atoms with Crippen LogP contribution in [-0.2, 0) is 6.42 Å². The van der Waals surface area contributed by atoms with Crippen molar-refractivity contribution in [1.82, 2.24) is 0 Å². The Labute approximate surface area is 98.7 Å². The lowest BCUT2D eigenvalue weighted by atomic mass is 9.97.